The molecule has 1 saturated carbocycles. The number of anilines is 1. The SMILES string of the molecule is COc1cccc(Cc2nnc(NC(=O)C3CCCC(N)C3)s2)c1. The minimum absolute atomic E-state index is 0.00855. The zero-order valence-electron chi connectivity index (χ0n) is 13.7. The van der Waals surface area contributed by atoms with Crippen molar-refractivity contribution in [2.75, 3.05) is 12.4 Å². The Morgan fingerprint density at radius 2 is 2.29 bits per heavy atom. The van der Waals surface area contributed by atoms with E-state index in [2.05, 4.69) is 15.5 Å². The van der Waals surface area contributed by atoms with Crippen LogP contribution in [-0.2, 0) is 11.2 Å². The summed E-state index contributed by atoms with van der Waals surface area (Å²) >= 11 is 1.41. The van der Waals surface area contributed by atoms with Gasteiger partial charge in [0.05, 0.1) is 7.11 Å². The van der Waals surface area contributed by atoms with E-state index in [1.807, 2.05) is 24.3 Å². The van der Waals surface area contributed by atoms with Crippen LogP contribution in [0.1, 0.15) is 36.3 Å². The predicted molar refractivity (Wildman–Crippen MR) is 94.3 cm³/mol. The first-order valence-electron chi connectivity index (χ1n) is 8.16. The predicted octanol–water partition coefficient (Wildman–Crippen LogP) is 2.59. The fourth-order valence-electron chi connectivity index (χ4n) is 3.01. The van der Waals surface area contributed by atoms with Crippen LogP contribution in [0.2, 0.25) is 0 Å². The number of amides is 1. The number of carbonyl (C=O) groups excluding carboxylic acids is 1. The van der Waals surface area contributed by atoms with Crippen LogP contribution in [0.3, 0.4) is 0 Å². The summed E-state index contributed by atoms with van der Waals surface area (Å²) in [7, 11) is 1.65. The molecule has 1 heterocycles. The van der Waals surface area contributed by atoms with E-state index >= 15 is 0 Å². The first-order chi connectivity index (χ1) is 11.6. The van der Waals surface area contributed by atoms with Gasteiger partial charge in [-0.25, -0.2) is 0 Å². The van der Waals surface area contributed by atoms with Crippen LogP contribution in [-0.4, -0.2) is 29.3 Å². The van der Waals surface area contributed by atoms with Gasteiger partial charge in [-0.15, -0.1) is 10.2 Å². The second-order valence-electron chi connectivity index (χ2n) is 6.14. The maximum absolute atomic E-state index is 12.3. The summed E-state index contributed by atoms with van der Waals surface area (Å²) < 4.78 is 5.23. The second-order valence-corrected chi connectivity index (χ2v) is 7.20. The monoisotopic (exact) mass is 346 g/mol. The van der Waals surface area contributed by atoms with Gasteiger partial charge >= 0.3 is 0 Å². The summed E-state index contributed by atoms with van der Waals surface area (Å²) in [6.45, 7) is 0. The average Bonchev–Trinajstić information content (AvgIpc) is 3.02. The molecule has 3 N–H and O–H groups in total. The van der Waals surface area contributed by atoms with E-state index in [1.54, 1.807) is 7.11 Å². The van der Waals surface area contributed by atoms with E-state index in [4.69, 9.17) is 10.5 Å². The summed E-state index contributed by atoms with van der Waals surface area (Å²) in [5, 5.41) is 12.6. The maximum atomic E-state index is 12.3. The first-order valence-corrected chi connectivity index (χ1v) is 8.97. The van der Waals surface area contributed by atoms with Crippen molar-refractivity contribution < 1.29 is 9.53 Å². The van der Waals surface area contributed by atoms with Gasteiger partial charge in [-0.05, 0) is 37.0 Å². The van der Waals surface area contributed by atoms with Crippen molar-refractivity contribution in [2.24, 2.45) is 11.7 Å². The Kier molecular flexibility index (Phi) is 5.42. The lowest BCUT2D eigenvalue weighted by Gasteiger charge is -2.25. The molecular formula is C17H22N4O2S. The topological polar surface area (TPSA) is 90.1 Å². The second kappa shape index (κ2) is 7.72. The van der Waals surface area contributed by atoms with Gasteiger partial charge in [0.2, 0.25) is 11.0 Å². The van der Waals surface area contributed by atoms with Gasteiger partial charge in [0.1, 0.15) is 10.8 Å². The molecule has 1 fully saturated rings. The molecule has 24 heavy (non-hydrogen) atoms. The third-order valence-corrected chi connectivity index (χ3v) is 5.11. The van der Waals surface area contributed by atoms with Gasteiger partial charge in [0, 0.05) is 18.4 Å². The van der Waals surface area contributed by atoms with Gasteiger partial charge < -0.3 is 15.8 Å². The summed E-state index contributed by atoms with van der Waals surface area (Å²) in [4.78, 5) is 12.3. The Hall–Kier alpha value is -1.99. The molecule has 0 spiro atoms. The number of hydrogen-bond donors (Lipinski definition) is 2. The number of rotatable bonds is 5. The number of nitrogens with one attached hydrogen (secondary N) is 1. The molecule has 1 aromatic heterocycles. The maximum Gasteiger partial charge on any atom is 0.229 e. The summed E-state index contributed by atoms with van der Waals surface area (Å²) in [5.74, 6) is 0.813. The molecule has 0 radical (unpaired) electrons. The van der Waals surface area contributed by atoms with Gasteiger partial charge in [-0.2, -0.15) is 0 Å². The summed E-state index contributed by atoms with van der Waals surface area (Å²) in [6.07, 6.45) is 4.33. The Morgan fingerprint density at radius 1 is 1.42 bits per heavy atom. The van der Waals surface area contributed by atoms with Crippen LogP contribution < -0.4 is 15.8 Å². The molecule has 7 heteroatoms. The van der Waals surface area contributed by atoms with E-state index < -0.39 is 0 Å². The van der Waals surface area contributed by atoms with Crippen molar-refractivity contribution in [3.63, 3.8) is 0 Å². The number of nitrogens with zero attached hydrogens (tertiary/aromatic N) is 2. The number of aromatic nitrogens is 2. The van der Waals surface area contributed by atoms with Crippen LogP contribution in [0.4, 0.5) is 5.13 Å². The third kappa shape index (κ3) is 4.30. The molecule has 2 aromatic rings. The Labute approximate surface area is 145 Å². The Bertz CT molecular complexity index is 703. The van der Waals surface area contributed by atoms with Crippen LogP contribution in [0.15, 0.2) is 24.3 Å². The van der Waals surface area contributed by atoms with Crippen molar-refractivity contribution >= 4 is 22.4 Å². The van der Waals surface area contributed by atoms with Crippen molar-refractivity contribution in [3.05, 3.63) is 34.8 Å². The molecule has 3 rings (SSSR count). The molecule has 1 aliphatic carbocycles. The molecule has 6 nitrogen and oxygen atoms in total. The number of methoxy groups -OCH3 is 1. The number of carbonyl (C=O) groups is 1. The largest absolute Gasteiger partial charge is 0.497 e. The highest BCUT2D eigenvalue weighted by Gasteiger charge is 2.26. The zero-order chi connectivity index (χ0) is 16.9. The van der Waals surface area contributed by atoms with Gasteiger partial charge in [-0.1, -0.05) is 29.9 Å². The summed E-state index contributed by atoms with van der Waals surface area (Å²) in [5.41, 5.74) is 7.05. The number of benzene rings is 1. The molecule has 1 amide bonds. The van der Waals surface area contributed by atoms with Crippen LogP contribution >= 0.6 is 11.3 Å². The fourth-order valence-corrected chi connectivity index (χ4v) is 3.78. The standard InChI is InChI=1S/C17H22N4O2S/c1-23-14-7-2-4-11(8-14)9-15-20-21-17(24-15)19-16(22)12-5-3-6-13(18)10-12/h2,4,7-8,12-13H,3,5-6,9-10,18H2,1H3,(H,19,21,22). The molecule has 2 atom stereocenters. The van der Waals surface area contributed by atoms with E-state index in [1.165, 1.54) is 11.3 Å². The lowest BCUT2D eigenvalue weighted by molar-refractivity contribution is -0.120. The molecule has 2 unspecified atom stereocenters. The average molecular weight is 346 g/mol. The summed E-state index contributed by atoms with van der Waals surface area (Å²) in [6, 6.07) is 7.98. The minimum atomic E-state index is -0.0144. The highest BCUT2D eigenvalue weighted by molar-refractivity contribution is 7.15. The van der Waals surface area contributed by atoms with Crippen LogP contribution in [0, 0.1) is 5.92 Å². The Morgan fingerprint density at radius 3 is 3.08 bits per heavy atom. The number of hydrogen-bond acceptors (Lipinski definition) is 6. The van der Waals surface area contributed by atoms with Crippen LogP contribution in [0.5, 0.6) is 5.75 Å². The quantitative estimate of drug-likeness (QED) is 0.868. The molecule has 1 aromatic carbocycles. The van der Waals surface area contributed by atoms with E-state index in [9.17, 15) is 4.79 Å². The lowest BCUT2D eigenvalue weighted by atomic mass is 9.86. The van der Waals surface area contributed by atoms with Gasteiger partial charge in [0.25, 0.3) is 0 Å². The lowest BCUT2D eigenvalue weighted by Crippen LogP contribution is -2.34. The van der Waals surface area contributed by atoms with Gasteiger partial charge in [-0.3, -0.25) is 4.79 Å². The first kappa shape index (κ1) is 16.9. The van der Waals surface area contributed by atoms with Crippen molar-refractivity contribution in [1.82, 2.24) is 10.2 Å². The molecule has 0 saturated heterocycles. The van der Waals surface area contributed by atoms with Gasteiger partial charge in [0.15, 0.2) is 0 Å². The Balaban J connectivity index is 1.59. The molecule has 128 valence electrons. The fraction of sp³-hybridized carbons (Fsp3) is 0.471. The van der Waals surface area contributed by atoms with E-state index in [0.717, 1.165) is 42.0 Å². The normalized spacial score (nSPS) is 20.6. The zero-order valence-corrected chi connectivity index (χ0v) is 14.5. The highest BCUT2D eigenvalue weighted by Crippen LogP contribution is 2.26. The molecular weight excluding hydrogens is 324 g/mol. The molecule has 1 aliphatic rings. The smallest absolute Gasteiger partial charge is 0.229 e. The number of ether oxygens (including phenoxy) is 1. The van der Waals surface area contributed by atoms with Crippen molar-refractivity contribution in [3.8, 4) is 5.75 Å². The molecule has 0 aliphatic heterocycles. The van der Waals surface area contributed by atoms with Crippen molar-refractivity contribution in [1.29, 1.82) is 0 Å². The van der Waals surface area contributed by atoms with Crippen molar-refractivity contribution in [2.45, 2.75) is 38.1 Å². The third-order valence-electron chi connectivity index (χ3n) is 4.27. The van der Waals surface area contributed by atoms with Crippen LogP contribution in [0.25, 0.3) is 0 Å². The van der Waals surface area contributed by atoms with E-state index in [-0.39, 0.29) is 17.9 Å². The minimum Gasteiger partial charge on any atom is -0.497 e. The molecule has 0 bridgehead atoms. The van der Waals surface area contributed by atoms with E-state index in [0.29, 0.717) is 11.6 Å². The highest BCUT2D eigenvalue weighted by atomic mass is 32.1. The number of nitrogens with two attached hydrogens (primary N) is 1.